The molecule has 3 aromatic rings. The smallest absolute Gasteiger partial charge is 0.356 e. The molecule has 2 aromatic carbocycles. The summed E-state index contributed by atoms with van der Waals surface area (Å²) in [6.45, 7) is 0.603. The molecule has 37 heavy (non-hydrogen) atoms. The van der Waals surface area contributed by atoms with Crippen LogP contribution in [0.4, 0.5) is 13.2 Å². The zero-order chi connectivity index (χ0) is 26.4. The average molecular weight is 515 g/mol. The molecule has 1 aromatic heterocycles. The van der Waals surface area contributed by atoms with Gasteiger partial charge in [-0.15, -0.1) is 0 Å². The van der Waals surface area contributed by atoms with E-state index in [0.717, 1.165) is 12.8 Å². The van der Waals surface area contributed by atoms with Gasteiger partial charge in [0.2, 0.25) is 5.91 Å². The van der Waals surface area contributed by atoms with E-state index in [4.69, 9.17) is 4.74 Å². The summed E-state index contributed by atoms with van der Waals surface area (Å²) in [5.74, 6) is -1.27. The van der Waals surface area contributed by atoms with Gasteiger partial charge in [-0.2, -0.15) is 18.3 Å². The molecule has 0 aliphatic carbocycles. The lowest BCUT2D eigenvalue weighted by molar-refractivity contribution is -0.270. The van der Waals surface area contributed by atoms with Crippen LogP contribution in [0, 0.1) is 5.41 Å². The average Bonchev–Trinajstić information content (AvgIpc) is 3.30. The first-order chi connectivity index (χ1) is 17.6. The maximum Gasteiger partial charge on any atom is 0.431 e. The number of halogens is 3. The third-order valence-electron chi connectivity index (χ3n) is 8.19. The molecule has 10 heteroatoms. The van der Waals surface area contributed by atoms with Crippen molar-refractivity contribution in [2.24, 2.45) is 12.5 Å². The number of alkyl halides is 3. The Hall–Kier alpha value is -3.40. The molecule has 7 nitrogen and oxygen atoms in total. The SMILES string of the molecule is COC(C(=O)N1CCC2(CC1)CC(=O)NCC2c1ccnn1C)(c1cccc2ccccc12)C(F)(F)F. The second-order valence-corrected chi connectivity index (χ2v) is 9.98. The number of ether oxygens (including phenoxy) is 1. The molecular weight excluding hydrogens is 485 g/mol. The Balaban J connectivity index is 1.49. The number of aryl methyl sites for hydroxylation is 1. The van der Waals surface area contributed by atoms with Crippen LogP contribution >= 0.6 is 0 Å². The van der Waals surface area contributed by atoms with Crippen LogP contribution in [-0.2, 0) is 27.0 Å². The molecule has 2 amide bonds. The number of piperidine rings is 2. The zero-order valence-electron chi connectivity index (χ0n) is 20.7. The van der Waals surface area contributed by atoms with Gasteiger partial charge in [-0.1, -0.05) is 42.5 Å². The maximum absolute atomic E-state index is 14.9. The van der Waals surface area contributed by atoms with Crippen LogP contribution in [0.1, 0.15) is 36.4 Å². The maximum atomic E-state index is 14.9. The van der Waals surface area contributed by atoms with Gasteiger partial charge in [0.05, 0.1) is 0 Å². The summed E-state index contributed by atoms with van der Waals surface area (Å²) >= 11 is 0. The molecule has 2 fully saturated rings. The highest BCUT2D eigenvalue weighted by molar-refractivity contribution is 5.95. The minimum atomic E-state index is -5.00. The highest BCUT2D eigenvalue weighted by atomic mass is 19.4. The number of amides is 2. The van der Waals surface area contributed by atoms with Crippen molar-refractivity contribution in [2.75, 3.05) is 26.7 Å². The Kier molecular flexibility index (Phi) is 6.26. The summed E-state index contributed by atoms with van der Waals surface area (Å²) in [5, 5.41) is 8.07. The standard InChI is InChI=1S/C27H29F3N4O3/c1-33-22(10-13-32-33)21-17-31-23(35)16-25(21)11-14-34(15-12-25)24(36)26(37-2,27(28,29)30)20-9-5-7-18-6-3-4-8-19(18)20/h3-10,13,21H,11-12,14-17H2,1-2H3,(H,31,35). The van der Waals surface area contributed by atoms with Gasteiger partial charge in [0.15, 0.2) is 0 Å². The Morgan fingerprint density at radius 2 is 1.81 bits per heavy atom. The van der Waals surface area contributed by atoms with Crippen LogP contribution in [0.5, 0.6) is 0 Å². The number of hydrogen-bond donors (Lipinski definition) is 1. The fourth-order valence-electron chi connectivity index (χ4n) is 6.22. The van der Waals surface area contributed by atoms with Gasteiger partial charge in [0.25, 0.3) is 11.5 Å². The van der Waals surface area contributed by atoms with Crippen LogP contribution in [0.2, 0.25) is 0 Å². The molecule has 2 atom stereocenters. The van der Waals surface area contributed by atoms with Crippen molar-refractivity contribution in [1.29, 1.82) is 0 Å². The molecule has 0 saturated carbocycles. The second kappa shape index (κ2) is 9.16. The van der Waals surface area contributed by atoms with E-state index in [2.05, 4.69) is 10.4 Å². The van der Waals surface area contributed by atoms with Crippen molar-refractivity contribution in [3.8, 4) is 0 Å². The lowest BCUT2D eigenvalue weighted by Gasteiger charge is -2.50. The van der Waals surface area contributed by atoms with E-state index in [9.17, 15) is 22.8 Å². The van der Waals surface area contributed by atoms with Gasteiger partial charge in [0, 0.05) is 63.6 Å². The molecular formula is C27H29F3N4O3. The van der Waals surface area contributed by atoms with Crippen molar-refractivity contribution in [3.63, 3.8) is 0 Å². The number of nitrogens with zero attached hydrogens (tertiary/aromatic N) is 3. The van der Waals surface area contributed by atoms with E-state index < -0.39 is 23.1 Å². The molecule has 2 saturated heterocycles. The van der Waals surface area contributed by atoms with Crippen molar-refractivity contribution in [3.05, 3.63) is 66.0 Å². The largest absolute Gasteiger partial charge is 0.431 e. The zero-order valence-corrected chi connectivity index (χ0v) is 20.7. The number of carbonyl (C=O) groups excluding carboxylic acids is 2. The topological polar surface area (TPSA) is 76.5 Å². The lowest BCUT2D eigenvalue weighted by Crippen LogP contribution is -2.60. The van der Waals surface area contributed by atoms with Gasteiger partial charge in [-0.25, -0.2) is 0 Å². The molecule has 2 aliphatic heterocycles. The van der Waals surface area contributed by atoms with Gasteiger partial charge >= 0.3 is 6.18 Å². The summed E-state index contributed by atoms with van der Waals surface area (Å²) in [7, 11) is 2.76. The number of hydrogen-bond acceptors (Lipinski definition) is 4. The first kappa shape index (κ1) is 25.3. The van der Waals surface area contributed by atoms with Crippen LogP contribution in [0.3, 0.4) is 0 Å². The first-order valence-corrected chi connectivity index (χ1v) is 12.3. The summed E-state index contributed by atoms with van der Waals surface area (Å²) in [4.78, 5) is 27.5. The number of carbonyl (C=O) groups is 2. The fraction of sp³-hybridized carbons (Fsp3) is 0.444. The van der Waals surface area contributed by atoms with E-state index in [0.29, 0.717) is 30.2 Å². The molecule has 2 aliphatic rings. The summed E-state index contributed by atoms with van der Waals surface area (Å²) in [6, 6.07) is 13.1. The summed E-state index contributed by atoms with van der Waals surface area (Å²) in [5.41, 5.74) is -2.89. The van der Waals surface area contributed by atoms with Crippen LogP contribution in [0.25, 0.3) is 10.8 Å². The molecule has 5 rings (SSSR count). The first-order valence-electron chi connectivity index (χ1n) is 12.3. The van der Waals surface area contributed by atoms with Gasteiger partial charge in [-0.3, -0.25) is 14.3 Å². The predicted molar refractivity (Wildman–Crippen MR) is 131 cm³/mol. The highest BCUT2D eigenvalue weighted by Gasteiger charge is 2.65. The number of methoxy groups -OCH3 is 1. The third-order valence-corrected chi connectivity index (χ3v) is 8.19. The minimum absolute atomic E-state index is 0.0529. The number of fused-ring (bicyclic) bond motifs is 1. The van der Waals surface area contributed by atoms with Crippen molar-refractivity contribution in [2.45, 2.75) is 37.0 Å². The Morgan fingerprint density at radius 3 is 2.46 bits per heavy atom. The third kappa shape index (κ3) is 3.98. The monoisotopic (exact) mass is 514 g/mol. The van der Waals surface area contributed by atoms with E-state index in [1.807, 2.05) is 13.1 Å². The molecule has 3 heterocycles. The molecule has 1 spiro atoms. The minimum Gasteiger partial charge on any atom is -0.356 e. The summed E-state index contributed by atoms with van der Waals surface area (Å²) < 4.78 is 51.5. The van der Waals surface area contributed by atoms with E-state index in [1.54, 1.807) is 41.2 Å². The highest BCUT2D eigenvalue weighted by Crippen LogP contribution is 2.51. The summed E-state index contributed by atoms with van der Waals surface area (Å²) in [6.07, 6.45) is -2.26. The van der Waals surface area contributed by atoms with Gasteiger partial charge < -0.3 is 15.0 Å². The Labute approximate surface area is 212 Å². The number of aromatic nitrogens is 2. The van der Waals surface area contributed by atoms with Gasteiger partial charge in [0.1, 0.15) is 0 Å². The van der Waals surface area contributed by atoms with Crippen molar-refractivity contribution >= 4 is 22.6 Å². The van der Waals surface area contributed by atoms with Crippen molar-refractivity contribution < 1.29 is 27.5 Å². The lowest BCUT2D eigenvalue weighted by atomic mass is 9.63. The molecule has 2 unspecified atom stereocenters. The number of likely N-dealkylation sites (tertiary alicyclic amines) is 1. The quantitative estimate of drug-likeness (QED) is 0.573. The van der Waals surface area contributed by atoms with Gasteiger partial charge in [-0.05, 0) is 35.1 Å². The van der Waals surface area contributed by atoms with Crippen molar-refractivity contribution in [1.82, 2.24) is 20.0 Å². The molecule has 1 N–H and O–H groups in total. The number of benzene rings is 2. The van der Waals surface area contributed by atoms with Crippen LogP contribution in [-0.4, -0.2) is 59.4 Å². The fourth-order valence-corrected chi connectivity index (χ4v) is 6.22. The molecule has 196 valence electrons. The number of rotatable bonds is 4. The van der Waals surface area contributed by atoms with Crippen LogP contribution in [0.15, 0.2) is 54.7 Å². The normalized spacial score (nSPS) is 21.6. The predicted octanol–water partition coefficient (Wildman–Crippen LogP) is 3.89. The van der Waals surface area contributed by atoms with E-state index >= 15 is 0 Å². The second-order valence-electron chi connectivity index (χ2n) is 9.98. The molecule has 0 bridgehead atoms. The Bertz CT molecular complexity index is 1320. The van der Waals surface area contributed by atoms with Crippen LogP contribution < -0.4 is 5.32 Å². The Morgan fingerprint density at radius 1 is 1.11 bits per heavy atom. The van der Waals surface area contributed by atoms with E-state index in [-0.39, 0.29) is 36.9 Å². The molecule has 0 radical (unpaired) electrons. The van der Waals surface area contributed by atoms with E-state index in [1.165, 1.54) is 17.0 Å². The number of nitrogens with one attached hydrogen (secondary N) is 1.